The molecule has 0 aliphatic carbocycles. The molecule has 3 aromatic rings. The van der Waals surface area contributed by atoms with Gasteiger partial charge in [-0.05, 0) is 60.2 Å². The number of pyridine rings is 1. The number of ether oxygens (including phenoxy) is 4. The Morgan fingerprint density at radius 1 is 0.865 bits per heavy atom. The number of benzene rings is 2. The Hall–Kier alpha value is -3.19. The predicted octanol–water partition coefficient (Wildman–Crippen LogP) is 5.71. The van der Waals surface area contributed by atoms with Crippen LogP contribution in [0.1, 0.15) is 56.6 Å². The minimum atomic E-state index is -0.0686. The fourth-order valence-electron chi connectivity index (χ4n) is 5.44. The summed E-state index contributed by atoms with van der Waals surface area (Å²) >= 11 is 0. The zero-order chi connectivity index (χ0) is 26.4. The first kappa shape index (κ1) is 26.9. The Balaban J connectivity index is 1.81. The lowest BCUT2D eigenvalue weighted by molar-refractivity contribution is 0.354. The normalized spacial score (nSPS) is 12.2. The standard InChI is InChI=1S/C30H40N2O5/c1-6-7-8-9-10-11-15-31-19-23-21-12-13-24(34-2)29(37-5)27(21)30(33)32-16-14-20-17-25(35-3)26(36-4)18-22(20)28(23)32/h12-13,17-18,31H,6-11,14-16,19H2,1-5H3. The van der Waals surface area contributed by atoms with Crippen LogP contribution in [-0.2, 0) is 19.5 Å². The van der Waals surface area contributed by atoms with Crippen molar-refractivity contribution in [3.63, 3.8) is 0 Å². The quantitative estimate of drug-likeness (QED) is 0.298. The van der Waals surface area contributed by atoms with Gasteiger partial charge in [-0.3, -0.25) is 4.79 Å². The maximum absolute atomic E-state index is 13.9. The summed E-state index contributed by atoms with van der Waals surface area (Å²) in [5, 5.41) is 5.10. The van der Waals surface area contributed by atoms with Gasteiger partial charge in [0.05, 0.1) is 39.5 Å². The molecule has 7 nitrogen and oxygen atoms in total. The molecule has 200 valence electrons. The number of hydrogen-bond acceptors (Lipinski definition) is 6. The van der Waals surface area contributed by atoms with Crippen LogP contribution in [0.5, 0.6) is 23.0 Å². The third kappa shape index (κ3) is 5.28. The number of aryl methyl sites for hydroxylation is 1. The molecule has 7 heteroatoms. The molecule has 0 fully saturated rings. The number of methoxy groups -OCH3 is 4. The molecule has 0 unspecified atom stereocenters. The highest BCUT2D eigenvalue weighted by Crippen LogP contribution is 2.43. The molecule has 0 saturated heterocycles. The summed E-state index contributed by atoms with van der Waals surface area (Å²) in [5.41, 5.74) is 4.10. The number of nitrogens with zero attached hydrogens (tertiary/aromatic N) is 1. The Kier molecular flexibility index (Phi) is 8.98. The molecule has 0 radical (unpaired) electrons. The maximum Gasteiger partial charge on any atom is 0.262 e. The summed E-state index contributed by atoms with van der Waals surface area (Å²) in [6.07, 6.45) is 8.24. The molecule has 0 spiro atoms. The first-order valence-electron chi connectivity index (χ1n) is 13.4. The Bertz CT molecular complexity index is 1300. The summed E-state index contributed by atoms with van der Waals surface area (Å²) in [7, 11) is 6.47. The van der Waals surface area contributed by atoms with Crippen LogP contribution < -0.4 is 29.8 Å². The molecule has 1 aliphatic heterocycles. The van der Waals surface area contributed by atoms with E-state index in [0.29, 0.717) is 41.5 Å². The molecule has 37 heavy (non-hydrogen) atoms. The molecule has 0 atom stereocenters. The monoisotopic (exact) mass is 508 g/mol. The van der Waals surface area contributed by atoms with Gasteiger partial charge in [0.15, 0.2) is 23.0 Å². The van der Waals surface area contributed by atoms with Crippen LogP contribution in [-0.4, -0.2) is 39.6 Å². The number of nitrogens with one attached hydrogen (secondary N) is 1. The van der Waals surface area contributed by atoms with Crippen LogP contribution in [0.2, 0.25) is 0 Å². The minimum absolute atomic E-state index is 0.0686. The van der Waals surface area contributed by atoms with Crippen molar-refractivity contribution in [3.8, 4) is 34.3 Å². The molecule has 0 saturated carbocycles. The van der Waals surface area contributed by atoms with Crippen LogP contribution in [0.25, 0.3) is 22.0 Å². The first-order valence-corrected chi connectivity index (χ1v) is 13.4. The van der Waals surface area contributed by atoms with E-state index < -0.39 is 0 Å². The molecule has 2 aromatic carbocycles. The van der Waals surface area contributed by atoms with Crippen molar-refractivity contribution in [3.05, 3.63) is 45.7 Å². The number of unbranched alkanes of at least 4 members (excludes halogenated alkanes) is 5. The average Bonchev–Trinajstić information content (AvgIpc) is 2.93. The Morgan fingerprint density at radius 3 is 2.27 bits per heavy atom. The highest BCUT2D eigenvalue weighted by Gasteiger charge is 2.27. The van der Waals surface area contributed by atoms with E-state index in [4.69, 9.17) is 18.9 Å². The second kappa shape index (κ2) is 12.4. The SMILES string of the molecule is CCCCCCCCNCc1c2n(c(=O)c3c(OC)c(OC)ccc13)CCc1cc(OC)c(OC)cc1-2. The van der Waals surface area contributed by atoms with Crippen LogP contribution in [0, 0.1) is 0 Å². The zero-order valence-corrected chi connectivity index (χ0v) is 22.9. The topological polar surface area (TPSA) is 71.0 Å². The van der Waals surface area contributed by atoms with Gasteiger partial charge in [0.1, 0.15) is 0 Å². The van der Waals surface area contributed by atoms with E-state index in [1.807, 2.05) is 28.8 Å². The highest BCUT2D eigenvalue weighted by molar-refractivity contribution is 5.96. The van der Waals surface area contributed by atoms with E-state index in [1.54, 1.807) is 28.4 Å². The summed E-state index contributed by atoms with van der Waals surface area (Å²) < 4.78 is 24.3. The van der Waals surface area contributed by atoms with Gasteiger partial charge >= 0.3 is 0 Å². The largest absolute Gasteiger partial charge is 0.493 e. The second-order valence-electron chi connectivity index (χ2n) is 9.57. The molecular weight excluding hydrogens is 468 g/mol. The van der Waals surface area contributed by atoms with Gasteiger partial charge in [-0.1, -0.05) is 39.0 Å². The van der Waals surface area contributed by atoms with E-state index in [2.05, 4.69) is 12.2 Å². The van der Waals surface area contributed by atoms with Gasteiger partial charge in [-0.25, -0.2) is 0 Å². The van der Waals surface area contributed by atoms with Gasteiger partial charge < -0.3 is 28.8 Å². The van der Waals surface area contributed by atoms with E-state index in [9.17, 15) is 4.79 Å². The van der Waals surface area contributed by atoms with Crippen LogP contribution in [0.15, 0.2) is 29.1 Å². The molecule has 0 amide bonds. The zero-order valence-electron chi connectivity index (χ0n) is 22.9. The molecular formula is C30H40N2O5. The van der Waals surface area contributed by atoms with Crippen LogP contribution in [0.3, 0.4) is 0 Å². The van der Waals surface area contributed by atoms with E-state index in [0.717, 1.165) is 47.2 Å². The lowest BCUT2D eigenvalue weighted by Crippen LogP contribution is -2.29. The summed E-state index contributed by atoms with van der Waals surface area (Å²) in [4.78, 5) is 13.9. The average molecular weight is 509 g/mol. The van der Waals surface area contributed by atoms with Crippen molar-refractivity contribution < 1.29 is 18.9 Å². The third-order valence-electron chi connectivity index (χ3n) is 7.36. The van der Waals surface area contributed by atoms with Crippen molar-refractivity contribution in [2.45, 2.75) is 65.0 Å². The Labute approximate surface area is 219 Å². The molecule has 1 aliphatic rings. The Morgan fingerprint density at radius 2 is 1.57 bits per heavy atom. The summed E-state index contributed by atoms with van der Waals surface area (Å²) in [5.74, 6) is 2.39. The molecule has 1 aromatic heterocycles. The maximum atomic E-state index is 13.9. The fraction of sp³-hybridized carbons (Fsp3) is 0.500. The van der Waals surface area contributed by atoms with Crippen LogP contribution in [0.4, 0.5) is 0 Å². The van der Waals surface area contributed by atoms with Gasteiger partial charge in [-0.15, -0.1) is 0 Å². The third-order valence-corrected chi connectivity index (χ3v) is 7.36. The lowest BCUT2D eigenvalue weighted by atomic mass is 9.90. The van der Waals surface area contributed by atoms with Crippen molar-refractivity contribution in [1.29, 1.82) is 0 Å². The molecule has 2 heterocycles. The van der Waals surface area contributed by atoms with Crippen molar-refractivity contribution >= 4 is 10.8 Å². The number of fused-ring (bicyclic) bond motifs is 4. The lowest BCUT2D eigenvalue weighted by Gasteiger charge is -2.27. The predicted molar refractivity (Wildman–Crippen MR) is 149 cm³/mol. The first-order chi connectivity index (χ1) is 18.1. The van der Waals surface area contributed by atoms with E-state index in [-0.39, 0.29) is 5.56 Å². The number of aromatic nitrogens is 1. The van der Waals surface area contributed by atoms with Gasteiger partial charge in [-0.2, -0.15) is 0 Å². The van der Waals surface area contributed by atoms with E-state index in [1.165, 1.54) is 32.1 Å². The second-order valence-corrected chi connectivity index (χ2v) is 9.57. The smallest absolute Gasteiger partial charge is 0.262 e. The van der Waals surface area contributed by atoms with Crippen molar-refractivity contribution in [2.75, 3.05) is 35.0 Å². The fourth-order valence-corrected chi connectivity index (χ4v) is 5.44. The minimum Gasteiger partial charge on any atom is -0.493 e. The van der Waals surface area contributed by atoms with Crippen LogP contribution >= 0.6 is 0 Å². The van der Waals surface area contributed by atoms with Crippen molar-refractivity contribution in [2.24, 2.45) is 0 Å². The highest BCUT2D eigenvalue weighted by atomic mass is 16.5. The molecule has 1 N–H and O–H groups in total. The van der Waals surface area contributed by atoms with Gasteiger partial charge in [0, 0.05) is 18.7 Å². The number of rotatable bonds is 13. The summed E-state index contributed by atoms with van der Waals surface area (Å²) in [6.45, 7) is 4.39. The van der Waals surface area contributed by atoms with Gasteiger partial charge in [0.2, 0.25) is 0 Å². The number of hydrogen-bond donors (Lipinski definition) is 1. The van der Waals surface area contributed by atoms with E-state index >= 15 is 0 Å². The molecule has 0 bridgehead atoms. The summed E-state index contributed by atoms with van der Waals surface area (Å²) in [6, 6.07) is 7.90. The van der Waals surface area contributed by atoms with Crippen molar-refractivity contribution in [1.82, 2.24) is 9.88 Å². The molecule has 4 rings (SSSR count). The van der Waals surface area contributed by atoms with Gasteiger partial charge in [0.25, 0.3) is 5.56 Å².